The van der Waals surface area contributed by atoms with Gasteiger partial charge in [-0.2, -0.15) is 0 Å². The molecule has 1 aromatic heterocycles. The molecule has 1 aliphatic rings. The molecule has 1 atom stereocenters. The molecule has 0 radical (unpaired) electrons. The summed E-state index contributed by atoms with van der Waals surface area (Å²) in [4.78, 5) is 17.9. The maximum atomic E-state index is 12.2. The monoisotopic (exact) mass is 301 g/mol. The Labute approximate surface area is 118 Å². The van der Waals surface area contributed by atoms with Gasteiger partial charge in [0.2, 0.25) is 15.8 Å². The summed E-state index contributed by atoms with van der Waals surface area (Å²) in [7, 11) is -3.19. The Morgan fingerprint density at radius 3 is 2.90 bits per heavy atom. The van der Waals surface area contributed by atoms with E-state index in [9.17, 15) is 13.2 Å². The van der Waals surface area contributed by atoms with Gasteiger partial charge in [-0.15, -0.1) is 5.10 Å². The molecule has 1 aromatic rings. The number of sulfonamides is 1. The number of aromatic amines is 1. The normalized spacial score (nSPS) is 20.1. The van der Waals surface area contributed by atoms with Gasteiger partial charge in [-0.1, -0.05) is 0 Å². The molecule has 0 bridgehead atoms. The van der Waals surface area contributed by atoms with Crippen LogP contribution in [0.25, 0.3) is 0 Å². The zero-order valence-electron chi connectivity index (χ0n) is 11.6. The van der Waals surface area contributed by atoms with E-state index in [-0.39, 0.29) is 17.6 Å². The first-order chi connectivity index (χ1) is 9.35. The van der Waals surface area contributed by atoms with E-state index >= 15 is 0 Å². The lowest BCUT2D eigenvalue weighted by atomic mass is 9.98. The molecule has 1 amide bonds. The lowest BCUT2D eigenvalue weighted by molar-refractivity contribution is 0.0664. The number of nitrogens with one attached hydrogen (secondary N) is 2. The molecule has 0 saturated carbocycles. The topological polar surface area (TPSA) is 108 Å². The van der Waals surface area contributed by atoms with E-state index < -0.39 is 10.0 Å². The van der Waals surface area contributed by atoms with Crippen LogP contribution in [0.3, 0.4) is 0 Å². The Kier molecular flexibility index (Phi) is 4.39. The number of carbonyl (C=O) groups is 1. The number of hydrogen-bond acceptors (Lipinski definition) is 5. The van der Waals surface area contributed by atoms with Crippen molar-refractivity contribution in [2.24, 2.45) is 5.92 Å². The van der Waals surface area contributed by atoms with Crippen molar-refractivity contribution >= 4 is 15.9 Å². The van der Waals surface area contributed by atoms with Gasteiger partial charge in [0.15, 0.2) is 0 Å². The van der Waals surface area contributed by atoms with E-state index in [1.807, 2.05) is 0 Å². The van der Waals surface area contributed by atoms with E-state index in [1.54, 1.807) is 11.8 Å². The molecule has 2 N–H and O–H groups in total. The number of amides is 1. The fourth-order valence-electron chi connectivity index (χ4n) is 2.27. The number of aryl methyl sites for hydroxylation is 1. The first kappa shape index (κ1) is 14.9. The zero-order chi connectivity index (χ0) is 14.8. The number of hydrogen-bond donors (Lipinski definition) is 2. The van der Waals surface area contributed by atoms with Crippen molar-refractivity contribution in [3.8, 4) is 0 Å². The molecule has 0 spiro atoms. The molecule has 112 valence electrons. The van der Waals surface area contributed by atoms with Crippen molar-refractivity contribution in [3.05, 3.63) is 11.6 Å². The second kappa shape index (κ2) is 5.88. The summed E-state index contributed by atoms with van der Waals surface area (Å²) in [5.41, 5.74) is 0. The van der Waals surface area contributed by atoms with Crippen molar-refractivity contribution in [3.63, 3.8) is 0 Å². The van der Waals surface area contributed by atoms with E-state index in [2.05, 4.69) is 19.9 Å². The van der Waals surface area contributed by atoms with Crippen LogP contribution in [-0.2, 0) is 10.0 Å². The summed E-state index contributed by atoms with van der Waals surface area (Å²) in [6.45, 7) is 3.27. The molecular formula is C11H19N5O3S. The average Bonchev–Trinajstić information content (AvgIpc) is 2.82. The summed E-state index contributed by atoms with van der Waals surface area (Å²) >= 11 is 0. The summed E-state index contributed by atoms with van der Waals surface area (Å²) < 4.78 is 24.7. The van der Waals surface area contributed by atoms with Gasteiger partial charge in [-0.3, -0.25) is 9.89 Å². The minimum atomic E-state index is -3.19. The fourth-order valence-corrected chi connectivity index (χ4v) is 2.80. The summed E-state index contributed by atoms with van der Waals surface area (Å²) in [5.74, 6) is 0.681. The molecule has 0 aliphatic carbocycles. The van der Waals surface area contributed by atoms with Gasteiger partial charge in [0.05, 0.1) is 6.26 Å². The molecule has 2 heterocycles. The second-order valence-corrected chi connectivity index (χ2v) is 6.96. The first-order valence-corrected chi connectivity index (χ1v) is 8.37. The number of aromatic nitrogens is 3. The highest BCUT2D eigenvalue weighted by molar-refractivity contribution is 7.88. The smallest absolute Gasteiger partial charge is 0.293 e. The molecular weight excluding hydrogens is 282 g/mol. The van der Waals surface area contributed by atoms with E-state index in [1.165, 1.54) is 0 Å². The Morgan fingerprint density at radius 1 is 1.55 bits per heavy atom. The molecule has 9 heteroatoms. The SMILES string of the molecule is Cc1nc(C(=O)N2CCCC(CNS(C)(=O)=O)C2)n[nH]1. The largest absolute Gasteiger partial charge is 0.336 e. The van der Waals surface area contributed by atoms with Crippen LogP contribution in [0.5, 0.6) is 0 Å². The zero-order valence-corrected chi connectivity index (χ0v) is 12.4. The minimum Gasteiger partial charge on any atom is -0.336 e. The van der Waals surface area contributed by atoms with Crippen molar-refractivity contribution < 1.29 is 13.2 Å². The quantitative estimate of drug-likeness (QED) is 0.780. The van der Waals surface area contributed by atoms with E-state index in [0.29, 0.717) is 25.5 Å². The number of piperidine rings is 1. The standard InChI is InChI=1S/C11H19N5O3S/c1-8-13-10(15-14-8)11(17)16-5-3-4-9(7-16)6-12-20(2,18)19/h9,12H,3-7H2,1-2H3,(H,13,14,15). The minimum absolute atomic E-state index is 0.127. The molecule has 1 saturated heterocycles. The van der Waals surface area contributed by atoms with Crippen LogP contribution in [-0.4, -0.2) is 60.3 Å². The lowest BCUT2D eigenvalue weighted by Crippen LogP contribution is -2.43. The van der Waals surface area contributed by atoms with E-state index in [4.69, 9.17) is 0 Å². The molecule has 1 unspecified atom stereocenters. The average molecular weight is 301 g/mol. The molecule has 20 heavy (non-hydrogen) atoms. The summed E-state index contributed by atoms with van der Waals surface area (Å²) in [6, 6.07) is 0. The number of likely N-dealkylation sites (tertiary alicyclic amines) is 1. The van der Waals surface area contributed by atoms with Crippen molar-refractivity contribution in [2.75, 3.05) is 25.9 Å². The van der Waals surface area contributed by atoms with Gasteiger partial charge in [0.25, 0.3) is 5.91 Å². The number of carbonyl (C=O) groups excluding carboxylic acids is 1. The number of rotatable bonds is 4. The van der Waals surface area contributed by atoms with Gasteiger partial charge in [0.1, 0.15) is 5.82 Å². The molecule has 2 rings (SSSR count). The molecule has 8 nitrogen and oxygen atoms in total. The molecule has 0 aromatic carbocycles. The van der Waals surface area contributed by atoms with Crippen LogP contribution >= 0.6 is 0 Å². The Morgan fingerprint density at radius 2 is 2.30 bits per heavy atom. The van der Waals surface area contributed by atoms with Crippen molar-refractivity contribution in [1.82, 2.24) is 24.8 Å². The van der Waals surface area contributed by atoms with Crippen LogP contribution in [0.4, 0.5) is 0 Å². The maximum absolute atomic E-state index is 12.2. The van der Waals surface area contributed by atoms with Crippen LogP contribution in [0, 0.1) is 12.8 Å². The van der Waals surface area contributed by atoms with Gasteiger partial charge >= 0.3 is 0 Å². The first-order valence-electron chi connectivity index (χ1n) is 6.48. The third kappa shape index (κ3) is 4.01. The predicted octanol–water partition coefficient (Wildman–Crippen LogP) is -0.485. The van der Waals surface area contributed by atoms with Gasteiger partial charge in [0, 0.05) is 19.6 Å². The summed E-state index contributed by atoms with van der Waals surface area (Å²) in [5, 5.41) is 6.51. The van der Waals surface area contributed by atoms with E-state index in [0.717, 1.165) is 19.1 Å². The summed E-state index contributed by atoms with van der Waals surface area (Å²) in [6.07, 6.45) is 2.89. The fraction of sp³-hybridized carbons (Fsp3) is 0.727. The van der Waals surface area contributed by atoms with Gasteiger partial charge < -0.3 is 4.90 Å². The maximum Gasteiger partial charge on any atom is 0.293 e. The van der Waals surface area contributed by atoms with Crippen LogP contribution in [0.15, 0.2) is 0 Å². The molecule has 1 fully saturated rings. The third-order valence-electron chi connectivity index (χ3n) is 3.23. The van der Waals surface area contributed by atoms with Crippen LogP contribution in [0.2, 0.25) is 0 Å². The van der Waals surface area contributed by atoms with Crippen molar-refractivity contribution in [2.45, 2.75) is 19.8 Å². The predicted molar refractivity (Wildman–Crippen MR) is 72.6 cm³/mol. The van der Waals surface area contributed by atoms with Crippen molar-refractivity contribution in [1.29, 1.82) is 0 Å². The second-order valence-electron chi connectivity index (χ2n) is 5.12. The Hall–Kier alpha value is -1.48. The highest BCUT2D eigenvalue weighted by atomic mass is 32.2. The Balaban J connectivity index is 1.94. The van der Waals surface area contributed by atoms with Gasteiger partial charge in [-0.25, -0.2) is 18.1 Å². The highest BCUT2D eigenvalue weighted by Crippen LogP contribution is 2.17. The van der Waals surface area contributed by atoms with Crippen LogP contribution in [0.1, 0.15) is 29.3 Å². The number of H-pyrrole nitrogens is 1. The van der Waals surface area contributed by atoms with Gasteiger partial charge in [-0.05, 0) is 25.7 Å². The third-order valence-corrected chi connectivity index (χ3v) is 3.92. The van der Waals surface area contributed by atoms with Crippen LogP contribution < -0.4 is 4.72 Å². The highest BCUT2D eigenvalue weighted by Gasteiger charge is 2.26. The molecule has 1 aliphatic heterocycles. The lowest BCUT2D eigenvalue weighted by Gasteiger charge is -2.32. The number of nitrogens with zero attached hydrogens (tertiary/aromatic N) is 3. The Bertz CT molecular complexity index is 583.